The van der Waals surface area contributed by atoms with Gasteiger partial charge in [-0.05, 0) is 37.1 Å². The Bertz CT molecular complexity index is 211. The first-order valence-corrected chi connectivity index (χ1v) is 5.57. The number of hydrogen-bond donors (Lipinski definition) is 1. The largest absolute Gasteiger partial charge is 0.261 e. The molecule has 0 radical (unpaired) electrons. The van der Waals surface area contributed by atoms with E-state index in [4.69, 9.17) is 0 Å². The first kappa shape index (κ1) is 10.6. The molecule has 0 amide bonds. The third kappa shape index (κ3) is 4.94. The summed E-state index contributed by atoms with van der Waals surface area (Å²) in [5.41, 5.74) is 1.22. The monoisotopic (exact) mass is 195 g/mol. The van der Waals surface area contributed by atoms with E-state index in [9.17, 15) is 0 Å². The number of thiol groups is 1. The molecule has 13 heavy (non-hydrogen) atoms. The van der Waals surface area contributed by atoms with Gasteiger partial charge in [-0.2, -0.15) is 12.6 Å². The summed E-state index contributed by atoms with van der Waals surface area (Å²) < 4.78 is 0. The van der Waals surface area contributed by atoms with Crippen molar-refractivity contribution in [3.05, 3.63) is 30.1 Å². The van der Waals surface area contributed by atoms with E-state index in [-0.39, 0.29) is 0 Å². The van der Waals surface area contributed by atoms with Gasteiger partial charge >= 0.3 is 0 Å². The molecule has 1 rings (SSSR count). The molecule has 0 aromatic carbocycles. The lowest BCUT2D eigenvalue weighted by Gasteiger charge is -1.99. The molecule has 0 aliphatic heterocycles. The fraction of sp³-hybridized carbons (Fsp3) is 0.545. The van der Waals surface area contributed by atoms with Crippen molar-refractivity contribution in [1.82, 2.24) is 4.98 Å². The summed E-state index contributed by atoms with van der Waals surface area (Å²) in [6, 6.07) is 6.11. The smallest absolute Gasteiger partial charge is 0.0403 e. The molecule has 0 aliphatic carbocycles. The highest BCUT2D eigenvalue weighted by molar-refractivity contribution is 7.80. The van der Waals surface area contributed by atoms with Crippen molar-refractivity contribution < 1.29 is 0 Å². The molecule has 0 bridgehead atoms. The Labute approximate surface area is 86.0 Å². The van der Waals surface area contributed by atoms with E-state index < -0.39 is 0 Å². The highest BCUT2D eigenvalue weighted by atomic mass is 32.1. The third-order valence-electron chi connectivity index (χ3n) is 2.07. The lowest BCUT2D eigenvalue weighted by molar-refractivity contribution is 0.664. The summed E-state index contributed by atoms with van der Waals surface area (Å²) in [6.45, 7) is 0. The minimum absolute atomic E-state index is 1.02. The summed E-state index contributed by atoms with van der Waals surface area (Å²) in [5, 5.41) is 0. The van der Waals surface area contributed by atoms with Gasteiger partial charge in [-0.1, -0.05) is 18.9 Å². The van der Waals surface area contributed by atoms with E-state index in [1.165, 1.54) is 31.4 Å². The lowest BCUT2D eigenvalue weighted by Crippen LogP contribution is -1.89. The Morgan fingerprint density at radius 3 is 2.62 bits per heavy atom. The van der Waals surface area contributed by atoms with Crippen molar-refractivity contribution in [2.24, 2.45) is 0 Å². The van der Waals surface area contributed by atoms with Crippen LogP contribution in [0.15, 0.2) is 24.4 Å². The van der Waals surface area contributed by atoms with Crippen LogP contribution in [0.2, 0.25) is 0 Å². The van der Waals surface area contributed by atoms with Crippen LogP contribution in [0.4, 0.5) is 0 Å². The summed E-state index contributed by atoms with van der Waals surface area (Å²) in [5.74, 6) is 1.02. The van der Waals surface area contributed by atoms with E-state index >= 15 is 0 Å². The molecule has 2 heteroatoms. The first-order valence-electron chi connectivity index (χ1n) is 4.94. The van der Waals surface area contributed by atoms with Crippen LogP contribution in [0.3, 0.4) is 0 Å². The Morgan fingerprint density at radius 1 is 1.08 bits per heavy atom. The molecule has 1 nitrogen and oxygen atoms in total. The molecule has 1 aromatic heterocycles. The fourth-order valence-electron chi connectivity index (χ4n) is 1.32. The van der Waals surface area contributed by atoms with Crippen molar-refractivity contribution in [2.45, 2.75) is 32.1 Å². The van der Waals surface area contributed by atoms with Crippen molar-refractivity contribution in [2.75, 3.05) is 5.75 Å². The molecular formula is C11H17NS. The Balaban J connectivity index is 2.07. The first-order chi connectivity index (χ1) is 6.43. The quantitative estimate of drug-likeness (QED) is 0.543. The van der Waals surface area contributed by atoms with Gasteiger partial charge in [0.05, 0.1) is 0 Å². The maximum absolute atomic E-state index is 4.28. The predicted octanol–water partition coefficient (Wildman–Crippen LogP) is 3.11. The number of nitrogens with zero attached hydrogens (tertiary/aromatic N) is 1. The van der Waals surface area contributed by atoms with E-state index in [0.29, 0.717) is 0 Å². The predicted molar refractivity (Wildman–Crippen MR) is 60.3 cm³/mol. The van der Waals surface area contributed by atoms with Gasteiger partial charge in [-0.15, -0.1) is 0 Å². The van der Waals surface area contributed by atoms with Crippen LogP contribution in [0.25, 0.3) is 0 Å². The Kier molecular flexibility index (Phi) is 5.66. The Hall–Kier alpha value is -0.500. The molecule has 1 aromatic rings. The summed E-state index contributed by atoms with van der Waals surface area (Å²) in [4.78, 5) is 4.28. The van der Waals surface area contributed by atoms with Crippen LogP contribution in [0.1, 0.15) is 31.4 Å². The highest BCUT2D eigenvalue weighted by Crippen LogP contribution is 2.05. The molecule has 0 fully saturated rings. The second-order valence-electron chi connectivity index (χ2n) is 3.21. The van der Waals surface area contributed by atoms with Gasteiger partial charge in [0.1, 0.15) is 0 Å². The molecule has 0 N–H and O–H groups in total. The minimum Gasteiger partial charge on any atom is -0.261 e. The third-order valence-corrected chi connectivity index (χ3v) is 2.38. The number of rotatable bonds is 6. The average molecular weight is 195 g/mol. The van der Waals surface area contributed by atoms with E-state index in [1.54, 1.807) is 0 Å². The topological polar surface area (TPSA) is 12.9 Å². The van der Waals surface area contributed by atoms with Gasteiger partial charge in [-0.3, -0.25) is 4.98 Å². The van der Waals surface area contributed by atoms with E-state index in [1.807, 2.05) is 12.3 Å². The maximum atomic E-state index is 4.28. The lowest BCUT2D eigenvalue weighted by atomic mass is 10.1. The molecule has 0 atom stereocenters. The van der Waals surface area contributed by atoms with Crippen molar-refractivity contribution in [3.8, 4) is 0 Å². The van der Waals surface area contributed by atoms with Crippen molar-refractivity contribution >= 4 is 12.6 Å². The zero-order valence-corrected chi connectivity index (χ0v) is 8.84. The standard InChI is InChI=1S/C11H17NS/c13-10-6-2-1-3-7-11-8-4-5-9-12-11/h4-5,8-9,13H,1-3,6-7,10H2. The molecule has 0 unspecified atom stereocenters. The molecule has 0 spiro atoms. The summed E-state index contributed by atoms with van der Waals surface area (Å²) in [6.07, 6.45) is 8.08. The van der Waals surface area contributed by atoms with Gasteiger partial charge in [0.2, 0.25) is 0 Å². The van der Waals surface area contributed by atoms with Crippen molar-refractivity contribution in [3.63, 3.8) is 0 Å². The second kappa shape index (κ2) is 6.96. The highest BCUT2D eigenvalue weighted by Gasteiger charge is 1.92. The van der Waals surface area contributed by atoms with Crippen LogP contribution in [-0.4, -0.2) is 10.7 Å². The van der Waals surface area contributed by atoms with E-state index in [2.05, 4.69) is 29.7 Å². The van der Waals surface area contributed by atoms with Crippen LogP contribution in [0.5, 0.6) is 0 Å². The zero-order chi connectivity index (χ0) is 9.36. The molecule has 0 saturated carbocycles. The molecule has 1 heterocycles. The maximum Gasteiger partial charge on any atom is 0.0403 e. The number of aromatic nitrogens is 1. The normalized spacial score (nSPS) is 10.2. The van der Waals surface area contributed by atoms with Crippen LogP contribution in [0, 0.1) is 0 Å². The minimum atomic E-state index is 1.02. The van der Waals surface area contributed by atoms with Gasteiger partial charge < -0.3 is 0 Å². The fourth-order valence-corrected chi connectivity index (χ4v) is 1.54. The van der Waals surface area contributed by atoms with E-state index in [0.717, 1.165) is 12.2 Å². The molecule has 0 aliphatic rings. The zero-order valence-electron chi connectivity index (χ0n) is 7.95. The number of unbranched alkanes of at least 4 members (excludes halogenated alkanes) is 3. The molecule has 0 saturated heterocycles. The van der Waals surface area contributed by atoms with Gasteiger partial charge in [0, 0.05) is 11.9 Å². The molecule has 72 valence electrons. The number of aryl methyl sites for hydroxylation is 1. The van der Waals surface area contributed by atoms with Crippen LogP contribution < -0.4 is 0 Å². The second-order valence-corrected chi connectivity index (χ2v) is 3.66. The van der Waals surface area contributed by atoms with Crippen molar-refractivity contribution in [1.29, 1.82) is 0 Å². The van der Waals surface area contributed by atoms with Crippen LogP contribution in [-0.2, 0) is 6.42 Å². The summed E-state index contributed by atoms with van der Waals surface area (Å²) >= 11 is 4.18. The van der Waals surface area contributed by atoms with Gasteiger partial charge in [0.15, 0.2) is 0 Å². The molecular weight excluding hydrogens is 178 g/mol. The van der Waals surface area contributed by atoms with Crippen LogP contribution >= 0.6 is 12.6 Å². The SMILES string of the molecule is SCCCCCCc1ccccn1. The summed E-state index contributed by atoms with van der Waals surface area (Å²) in [7, 11) is 0. The Morgan fingerprint density at radius 2 is 1.92 bits per heavy atom. The average Bonchev–Trinajstić information content (AvgIpc) is 2.19. The van der Waals surface area contributed by atoms with Gasteiger partial charge in [-0.25, -0.2) is 0 Å². The number of hydrogen-bond acceptors (Lipinski definition) is 2. The van der Waals surface area contributed by atoms with Gasteiger partial charge in [0.25, 0.3) is 0 Å². The number of pyridine rings is 1.